The number of nitrogens with zero attached hydrogens (tertiary/aromatic N) is 1. The van der Waals surface area contributed by atoms with E-state index in [1.165, 1.54) is 0 Å². The molecule has 0 radical (unpaired) electrons. The van der Waals surface area contributed by atoms with Gasteiger partial charge in [0.15, 0.2) is 0 Å². The fourth-order valence-electron chi connectivity index (χ4n) is 3.99. The Morgan fingerprint density at radius 3 is 2.05 bits per heavy atom. The standard InChI is InChI=1S/C14H24N2O2.ClH/c15-11-13-1-4-14(5-2-13,6-3-13)12(17)16-7-9-18-10-8-16;/h1-11,15H2;1H. The van der Waals surface area contributed by atoms with Crippen molar-refractivity contribution < 1.29 is 9.53 Å². The molecular weight excluding hydrogens is 264 g/mol. The molecule has 1 heterocycles. The van der Waals surface area contributed by atoms with Crippen LogP contribution in [0.25, 0.3) is 0 Å². The molecule has 3 aliphatic carbocycles. The van der Waals surface area contributed by atoms with E-state index in [4.69, 9.17) is 10.5 Å². The third-order valence-electron chi connectivity index (χ3n) is 5.59. The van der Waals surface area contributed by atoms with Crippen molar-refractivity contribution in [3.8, 4) is 0 Å². The van der Waals surface area contributed by atoms with Gasteiger partial charge in [0.25, 0.3) is 0 Å². The van der Waals surface area contributed by atoms with Crippen molar-refractivity contribution in [1.29, 1.82) is 0 Å². The molecule has 0 unspecified atom stereocenters. The number of halogens is 1. The number of carbonyl (C=O) groups excluding carboxylic acids is 1. The Hall–Kier alpha value is -0.320. The zero-order valence-corrected chi connectivity index (χ0v) is 12.3. The number of amides is 1. The van der Waals surface area contributed by atoms with E-state index in [1.807, 2.05) is 4.90 Å². The van der Waals surface area contributed by atoms with Crippen LogP contribution in [0, 0.1) is 10.8 Å². The Bertz CT molecular complexity index is 318. The molecule has 19 heavy (non-hydrogen) atoms. The quantitative estimate of drug-likeness (QED) is 0.839. The van der Waals surface area contributed by atoms with Crippen LogP contribution >= 0.6 is 12.4 Å². The van der Waals surface area contributed by atoms with Gasteiger partial charge in [-0.05, 0) is 50.5 Å². The van der Waals surface area contributed by atoms with E-state index in [2.05, 4.69) is 0 Å². The molecule has 2 N–H and O–H groups in total. The molecule has 4 rings (SSSR count). The average Bonchev–Trinajstić information content (AvgIpc) is 2.49. The van der Waals surface area contributed by atoms with Gasteiger partial charge in [-0.15, -0.1) is 12.4 Å². The van der Waals surface area contributed by atoms with Crippen LogP contribution in [-0.4, -0.2) is 43.7 Å². The Morgan fingerprint density at radius 2 is 1.58 bits per heavy atom. The first-order valence-electron chi connectivity index (χ1n) is 7.27. The van der Waals surface area contributed by atoms with Crippen LogP contribution in [0.15, 0.2) is 0 Å². The molecule has 1 amide bonds. The second-order valence-corrected chi connectivity index (χ2v) is 6.39. The van der Waals surface area contributed by atoms with Crippen LogP contribution in [0.2, 0.25) is 0 Å². The molecule has 2 bridgehead atoms. The highest BCUT2D eigenvalue weighted by Gasteiger charge is 2.52. The van der Waals surface area contributed by atoms with Crippen molar-refractivity contribution >= 4 is 18.3 Å². The molecule has 0 aromatic carbocycles. The third kappa shape index (κ3) is 2.50. The molecule has 4 nitrogen and oxygen atoms in total. The summed E-state index contributed by atoms with van der Waals surface area (Å²) < 4.78 is 5.34. The summed E-state index contributed by atoms with van der Waals surface area (Å²) >= 11 is 0. The first-order chi connectivity index (χ1) is 8.70. The average molecular weight is 289 g/mol. The Morgan fingerprint density at radius 1 is 1.05 bits per heavy atom. The molecule has 5 heteroatoms. The minimum atomic E-state index is -0.0474. The van der Waals surface area contributed by atoms with Crippen molar-refractivity contribution in [2.75, 3.05) is 32.8 Å². The monoisotopic (exact) mass is 288 g/mol. The number of hydrogen-bond acceptors (Lipinski definition) is 3. The van der Waals surface area contributed by atoms with Gasteiger partial charge in [-0.25, -0.2) is 0 Å². The van der Waals surface area contributed by atoms with Crippen LogP contribution in [0.4, 0.5) is 0 Å². The third-order valence-corrected chi connectivity index (χ3v) is 5.59. The first kappa shape index (κ1) is 15.1. The van der Waals surface area contributed by atoms with Crippen LogP contribution in [0.1, 0.15) is 38.5 Å². The van der Waals surface area contributed by atoms with Gasteiger partial charge < -0.3 is 15.4 Å². The van der Waals surface area contributed by atoms with Crippen LogP contribution in [0.5, 0.6) is 0 Å². The molecule has 1 saturated heterocycles. The number of carbonyl (C=O) groups is 1. The highest BCUT2D eigenvalue weighted by Crippen LogP contribution is 2.57. The zero-order chi connectivity index (χ0) is 12.6. The number of morpholine rings is 1. The van der Waals surface area contributed by atoms with Gasteiger partial charge in [0, 0.05) is 18.5 Å². The largest absolute Gasteiger partial charge is 0.378 e. The summed E-state index contributed by atoms with van der Waals surface area (Å²) in [5, 5.41) is 0. The van der Waals surface area contributed by atoms with Crippen molar-refractivity contribution in [3.63, 3.8) is 0 Å². The Labute approximate surface area is 121 Å². The second kappa shape index (κ2) is 5.58. The molecular formula is C14H25ClN2O2. The minimum Gasteiger partial charge on any atom is -0.378 e. The summed E-state index contributed by atoms with van der Waals surface area (Å²) in [5.74, 6) is 0.399. The van der Waals surface area contributed by atoms with E-state index in [0.29, 0.717) is 24.5 Å². The molecule has 4 fully saturated rings. The number of ether oxygens (including phenoxy) is 1. The second-order valence-electron chi connectivity index (χ2n) is 6.39. The Balaban J connectivity index is 0.00000133. The molecule has 1 aliphatic heterocycles. The predicted octanol–water partition coefficient (Wildman–Crippen LogP) is 1.57. The van der Waals surface area contributed by atoms with E-state index in [0.717, 1.165) is 58.2 Å². The van der Waals surface area contributed by atoms with Gasteiger partial charge in [-0.1, -0.05) is 0 Å². The van der Waals surface area contributed by atoms with Gasteiger partial charge >= 0.3 is 0 Å². The molecule has 0 aromatic rings. The lowest BCUT2D eigenvalue weighted by atomic mass is 9.53. The smallest absolute Gasteiger partial charge is 0.228 e. The maximum Gasteiger partial charge on any atom is 0.228 e. The Kier molecular flexibility index (Phi) is 4.43. The van der Waals surface area contributed by atoms with Crippen LogP contribution in [-0.2, 0) is 9.53 Å². The number of rotatable bonds is 2. The van der Waals surface area contributed by atoms with Gasteiger partial charge in [0.2, 0.25) is 5.91 Å². The predicted molar refractivity (Wildman–Crippen MR) is 76.3 cm³/mol. The van der Waals surface area contributed by atoms with Crippen LogP contribution in [0.3, 0.4) is 0 Å². The van der Waals surface area contributed by atoms with E-state index in [9.17, 15) is 4.79 Å². The summed E-state index contributed by atoms with van der Waals surface area (Å²) in [7, 11) is 0. The molecule has 110 valence electrons. The molecule has 0 aromatic heterocycles. The van der Waals surface area contributed by atoms with Gasteiger partial charge in [-0.3, -0.25) is 4.79 Å². The lowest BCUT2D eigenvalue weighted by Crippen LogP contribution is -2.55. The molecule has 0 spiro atoms. The SMILES string of the molecule is Cl.NCC12CCC(C(=O)N3CCOCC3)(CC1)CC2. The zero-order valence-electron chi connectivity index (χ0n) is 11.5. The van der Waals surface area contributed by atoms with E-state index in [1.54, 1.807) is 0 Å². The number of fused-ring (bicyclic) bond motifs is 3. The highest BCUT2D eigenvalue weighted by atomic mass is 35.5. The van der Waals surface area contributed by atoms with Crippen LogP contribution < -0.4 is 5.73 Å². The topological polar surface area (TPSA) is 55.6 Å². The highest BCUT2D eigenvalue weighted by molar-refractivity contribution is 5.85. The summed E-state index contributed by atoms with van der Waals surface area (Å²) in [5.41, 5.74) is 6.24. The lowest BCUT2D eigenvalue weighted by molar-refractivity contribution is -0.155. The van der Waals surface area contributed by atoms with E-state index in [-0.39, 0.29) is 17.8 Å². The van der Waals surface area contributed by atoms with Gasteiger partial charge in [0.1, 0.15) is 0 Å². The first-order valence-corrected chi connectivity index (χ1v) is 7.27. The van der Waals surface area contributed by atoms with Gasteiger partial charge in [0.05, 0.1) is 13.2 Å². The number of hydrogen-bond donors (Lipinski definition) is 1. The maximum atomic E-state index is 12.8. The van der Waals surface area contributed by atoms with Gasteiger partial charge in [-0.2, -0.15) is 0 Å². The summed E-state index contributed by atoms with van der Waals surface area (Å²) in [4.78, 5) is 14.8. The van der Waals surface area contributed by atoms with E-state index < -0.39 is 0 Å². The molecule has 4 aliphatic rings. The fourth-order valence-corrected chi connectivity index (χ4v) is 3.99. The molecule has 0 atom stereocenters. The maximum absolute atomic E-state index is 12.8. The molecule has 3 saturated carbocycles. The van der Waals surface area contributed by atoms with Crippen molar-refractivity contribution in [2.45, 2.75) is 38.5 Å². The summed E-state index contributed by atoms with van der Waals surface area (Å²) in [6.07, 6.45) is 6.62. The van der Waals surface area contributed by atoms with E-state index >= 15 is 0 Å². The normalized spacial score (nSPS) is 37.8. The lowest BCUT2D eigenvalue weighted by Gasteiger charge is -2.53. The number of nitrogens with two attached hydrogens (primary N) is 1. The van der Waals surface area contributed by atoms with Crippen molar-refractivity contribution in [2.24, 2.45) is 16.6 Å². The van der Waals surface area contributed by atoms with Crippen molar-refractivity contribution in [3.05, 3.63) is 0 Å². The summed E-state index contributed by atoms with van der Waals surface area (Å²) in [6, 6.07) is 0. The summed E-state index contributed by atoms with van der Waals surface area (Å²) in [6.45, 7) is 3.77. The fraction of sp³-hybridized carbons (Fsp3) is 0.929. The minimum absolute atomic E-state index is 0. The van der Waals surface area contributed by atoms with Crippen molar-refractivity contribution in [1.82, 2.24) is 4.90 Å².